The van der Waals surface area contributed by atoms with E-state index in [1.54, 1.807) is 6.92 Å². The molecule has 0 amide bonds. The zero-order chi connectivity index (χ0) is 9.90. The molecule has 0 aliphatic heterocycles. The van der Waals surface area contributed by atoms with Gasteiger partial charge in [-0.1, -0.05) is 12.2 Å². The first-order chi connectivity index (χ1) is 6.02. The fourth-order valence-corrected chi connectivity index (χ4v) is 1.44. The molecule has 0 spiro atoms. The van der Waals surface area contributed by atoms with Crippen LogP contribution in [-0.2, 0) is 4.79 Å². The van der Waals surface area contributed by atoms with E-state index in [0.29, 0.717) is 19.3 Å². The lowest BCUT2D eigenvalue weighted by Gasteiger charge is -2.27. The molecule has 0 saturated carbocycles. The topological polar surface area (TPSA) is 69.1 Å². The SMILES string of the molecule is CC(=O)CCC1(N)C=CC=C(N)C1. The molecule has 1 atom stereocenters. The summed E-state index contributed by atoms with van der Waals surface area (Å²) in [5.41, 5.74) is 12.1. The summed E-state index contributed by atoms with van der Waals surface area (Å²) in [6, 6.07) is 0. The highest BCUT2D eigenvalue weighted by molar-refractivity contribution is 5.75. The van der Waals surface area contributed by atoms with E-state index in [9.17, 15) is 4.79 Å². The van der Waals surface area contributed by atoms with Crippen LogP contribution >= 0.6 is 0 Å². The number of nitrogens with two attached hydrogens (primary N) is 2. The number of rotatable bonds is 3. The minimum absolute atomic E-state index is 0.173. The van der Waals surface area contributed by atoms with Gasteiger partial charge in [0.25, 0.3) is 0 Å². The maximum absolute atomic E-state index is 10.8. The normalized spacial score (nSPS) is 27.1. The number of carbonyl (C=O) groups excluding carboxylic acids is 1. The summed E-state index contributed by atoms with van der Waals surface area (Å²) < 4.78 is 0. The van der Waals surface area contributed by atoms with E-state index in [1.165, 1.54) is 0 Å². The van der Waals surface area contributed by atoms with Crippen molar-refractivity contribution >= 4 is 5.78 Å². The largest absolute Gasteiger partial charge is 0.402 e. The van der Waals surface area contributed by atoms with Crippen LogP contribution in [0.15, 0.2) is 23.9 Å². The summed E-state index contributed by atoms with van der Waals surface area (Å²) in [6.45, 7) is 1.58. The van der Waals surface area contributed by atoms with Crippen LogP contribution < -0.4 is 11.5 Å². The van der Waals surface area contributed by atoms with Crippen LogP contribution in [-0.4, -0.2) is 11.3 Å². The van der Waals surface area contributed by atoms with E-state index in [2.05, 4.69) is 0 Å². The first kappa shape index (κ1) is 9.99. The third-order valence-electron chi connectivity index (χ3n) is 2.21. The van der Waals surface area contributed by atoms with Crippen molar-refractivity contribution in [1.29, 1.82) is 0 Å². The van der Waals surface area contributed by atoms with Crippen molar-refractivity contribution in [3.63, 3.8) is 0 Å². The Labute approximate surface area is 78.5 Å². The highest BCUT2D eigenvalue weighted by atomic mass is 16.1. The van der Waals surface area contributed by atoms with Gasteiger partial charge in [-0.15, -0.1) is 0 Å². The van der Waals surface area contributed by atoms with Gasteiger partial charge in [0.15, 0.2) is 0 Å². The summed E-state index contributed by atoms with van der Waals surface area (Å²) >= 11 is 0. The van der Waals surface area contributed by atoms with Gasteiger partial charge >= 0.3 is 0 Å². The molecular weight excluding hydrogens is 164 g/mol. The third kappa shape index (κ3) is 3.03. The molecule has 0 aromatic carbocycles. The molecule has 0 bridgehead atoms. The van der Waals surface area contributed by atoms with Gasteiger partial charge in [0.2, 0.25) is 0 Å². The average Bonchev–Trinajstić information content (AvgIpc) is 2.01. The van der Waals surface area contributed by atoms with Crippen molar-refractivity contribution in [2.75, 3.05) is 0 Å². The van der Waals surface area contributed by atoms with Gasteiger partial charge in [-0.05, 0) is 19.4 Å². The highest BCUT2D eigenvalue weighted by Crippen LogP contribution is 2.22. The molecule has 4 N–H and O–H groups in total. The van der Waals surface area contributed by atoms with Crippen LogP contribution in [0.3, 0.4) is 0 Å². The van der Waals surface area contributed by atoms with Crippen LogP contribution in [0.2, 0.25) is 0 Å². The molecule has 13 heavy (non-hydrogen) atoms. The summed E-state index contributed by atoms with van der Waals surface area (Å²) in [6.07, 6.45) is 7.47. The van der Waals surface area contributed by atoms with Crippen molar-refractivity contribution in [2.45, 2.75) is 31.7 Å². The van der Waals surface area contributed by atoms with E-state index >= 15 is 0 Å². The molecule has 1 aliphatic rings. The van der Waals surface area contributed by atoms with Gasteiger partial charge in [0, 0.05) is 24.1 Å². The lowest BCUT2D eigenvalue weighted by molar-refractivity contribution is -0.117. The third-order valence-corrected chi connectivity index (χ3v) is 2.21. The second-order valence-corrected chi connectivity index (χ2v) is 3.71. The Bertz CT molecular complexity index is 268. The molecule has 0 aromatic heterocycles. The number of allylic oxidation sites excluding steroid dienone is 2. The molecule has 3 nitrogen and oxygen atoms in total. The molecule has 0 heterocycles. The number of Topliss-reactive ketones (excluding diaryl/α,β-unsaturated/α-hetero) is 1. The molecular formula is C10H16N2O. The Hall–Kier alpha value is -1.09. The molecule has 1 rings (SSSR count). The van der Waals surface area contributed by atoms with E-state index in [0.717, 1.165) is 5.70 Å². The van der Waals surface area contributed by atoms with E-state index < -0.39 is 5.54 Å². The van der Waals surface area contributed by atoms with Gasteiger partial charge in [0.05, 0.1) is 0 Å². The summed E-state index contributed by atoms with van der Waals surface area (Å²) in [4.78, 5) is 10.8. The zero-order valence-electron chi connectivity index (χ0n) is 7.92. The fourth-order valence-electron chi connectivity index (χ4n) is 1.44. The Morgan fingerprint density at radius 1 is 1.69 bits per heavy atom. The molecule has 0 radical (unpaired) electrons. The molecule has 0 aromatic rings. The number of hydrogen-bond donors (Lipinski definition) is 2. The minimum atomic E-state index is -0.412. The van der Waals surface area contributed by atoms with Gasteiger partial charge in [-0.25, -0.2) is 0 Å². The Morgan fingerprint density at radius 3 is 2.92 bits per heavy atom. The Kier molecular flexibility index (Phi) is 2.88. The van der Waals surface area contributed by atoms with Crippen LogP contribution in [0.25, 0.3) is 0 Å². The summed E-state index contributed by atoms with van der Waals surface area (Å²) in [5, 5.41) is 0. The molecule has 1 unspecified atom stereocenters. The van der Waals surface area contributed by atoms with Gasteiger partial charge < -0.3 is 16.3 Å². The predicted molar refractivity (Wildman–Crippen MR) is 52.9 cm³/mol. The van der Waals surface area contributed by atoms with Crippen LogP contribution in [0.4, 0.5) is 0 Å². The summed E-state index contributed by atoms with van der Waals surface area (Å²) in [5.74, 6) is 0.173. The van der Waals surface area contributed by atoms with E-state index in [-0.39, 0.29) is 5.78 Å². The Balaban J connectivity index is 2.53. The lowest BCUT2D eigenvalue weighted by atomic mass is 9.86. The van der Waals surface area contributed by atoms with E-state index in [1.807, 2.05) is 18.2 Å². The second kappa shape index (κ2) is 3.75. The monoisotopic (exact) mass is 180 g/mol. The second-order valence-electron chi connectivity index (χ2n) is 3.71. The summed E-state index contributed by atoms with van der Waals surface area (Å²) in [7, 11) is 0. The van der Waals surface area contributed by atoms with Crippen molar-refractivity contribution in [1.82, 2.24) is 0 Å². The first-order valence-corrected chi connectivity index (χ1v) is 4.44. The maximum atomic E-state index is 10.8. The quantitative estimate of drug-likeness (QED) is 0.676. The van der Waals surface area contributed by atoms with Crippen molar-refractivity contribution < 1.29 is 4.79 Å². The molecule has 3 heteroatoms. The molecule has 0 fully saturated rings. The van der Waals surface area contributed by atoms with E-state index in [4.69, 9.17) is 11.5 Å². The fraction of sp³-hybridized carbons (Fsp3) is 0.500. The molecule has 72 valence electrons. The van der Waals surface area contributed by atoms with Crippen LogP contribution in [0.1, 0.15) is 26.2 Å². The van der Waals surface area contributed by atoms with Crippen molar-refractivity contribution in [2.24, 2.45) is 11.5 Å². The van der Waals surface area contributed by atoms with Gasteiger partial charge in [0.1, 0.15) is 5.78 Å². The lowest BCUT2D eigenvalue weighted by Crippen LogP contribution is -2.40. The smallest absolute Gasteiger partial charge is 0.129 e. The maximum Gasteiger partial charge on any atom is 0.129 e. The van der Waals surface area contributed by atoms with Gasteiger partial charge in [-0.3, -0.25) is 0 Å². The first-order valence-electron chi connectivity index (χ1n) is 4.44. The van der Waals surface area contributed by atoms with Gasteiger partial charge in [-0.2, -0.15) is 0 Å². The number of ketones is 1. The molecule has 1 aliphatic carbocycles. The average molecular weight is 180 g/mol. The highest BCUT2D eigenvalue weighted by Gasteiger charge is 2.24. The van der Waals surface area contributed by atoms with Crippen molar-refractivity contribution in [3.8, 4) is 0 Å². The number of carbonyl (C=O) groups is 1. The number of hydrogen-bond acceptors (Lipinski definition) is 3. The van der Waals surface area contributed by atoms with Crippen LogP contribution in [0.5, 0.6) is 0 Å². The predicted octanol–water partition coefficient (Wildman–Crippen LogP) is 0.856. The van der Waals surface area contributed by atoms with Crippen molar-refractivity contribution in [3.05, 3.63) is 23.9 Å². The standard InChI is InChI=1S/C10H16N2O/c1-8(13)4-6-10(12)5-2-3-9(11)7-10/h2-3,5H,4,6-7,11-12H2,1H3. The Morgan fingerprint density at radius 2 is 2.38 bits per heavy atom. The molecule has 0 saturated heterocycles. The zero-order valence-corrected chi connectivity index (χ0v) is 7.92. The minimum Gasteiger partial charge on any atom is -0.402 e. The van der Waals surface area contributed by atoms with Crippen LogP contribution in [0, 0.1) is 0 Å².